The molecule has 3 aliphatic rings. The zero-order chi connectivity index (χ0) is 16.1. The van der Waals surface area contributed by atoms with E-state index in [1.54, 1.807) is 7.05 Å². The van der Waals surface area contributed by atoms with Crippen LogP contribution in [-0.2, 0) is 16.9 Å². The lowest BCUT2D eigenvalue weighted by molar-refractivity contribution is -0.138. The number of hydrogen-bond acceptors (Lipinski definition) is 5. The minimum Gasteiger partial charge on any atom is -0.285 e. The van der Waals surface area contributed by atoms with Crippen molar-refractivity contribution >= 4 is 66.5 Å². The van der Waals surface area contributed by atoms with Crippen molar-refractivity contribution in [1.29, 1.82) is 0 Å². The molecule has 4 heterocycles. The number of carbonyl (C=O) groups excluding carboxylic acids is 2. The smallest absolute Gasteiger partial charge is 0.235 e. The van der Waals surface area contributed by atoms with E-state index in [4.69, 9.17) is 9.97 Å². The number of fused-ring (bicyclic) bond motifs is 9. The van der Waals surface area contributed by atoms with Gasteiger partial charge >= 0.3 is 0 Å². The molecule has 0 N–H and O–H groups in total. The predicted octanol–water partition coefficient (Wildman–Crippen LogP) is 2.72. The average molecular weight is 455 g/mol. The topological polar surface area (TPSA) is 63.2 Å². The fraction of sp³-hybridized carbons (Fsp3) is 0.333. The number of nitrogens with zero attached hydrogens (tertiary/aromatic N) is 3. The first-order valence-electron chi connectivity index (χ1n) is 7.05. The van der Waals surface area contributed by atoms with Crippen LogP contribution in [-0.4, -0.2) is 33.7 Å². The molecule has 116 valence electrons. The van der Waals surface area contributed by atoms with Gasteiger partial charge in [0.05, 0.1) is 34.3 Å². The van der Waals surface area contributed by atoms with Crippen LogP contribution < -0.4 is 0 Å². The summed E-state index contributed by atoms with van der Waals surface area (Å²) in [4.78, 5) is 35.9. The maximum absolute atomic E-state index is 12.6. The van der Waals surface area contributed by atoms with E-state index in [9.17, 15) is 9.59 Å². The number of thioether (sulfide) groups is 1. The normalized spacial score (nSPS) is 37.6. The molecule has 8 heteroatoms. The van der Waals surface area contributed by atoms with E-state index in [0.29, 0.717) is 0 Å². The SMILES string of the molecule is CN1C(=O)C2C(C1=O)C1(Br)SC2(Br)c2nc3ccccc3nc21. The van der Waals surface area contributed by atoms with Crippen LogP contribution in [0.5, 0.6) is 0 Å². The van der Waals surface area contributed by atoms with Crippen LogP contribution in [0.1, 0.15) is 11.4 Å². The highest BCUT2D eigenvalue weighted by molar-refractivity contribution is 9.13. The third-order valence-corrected chi connectivity index (χ3v) is 9.04. The van der Waals surface area contributed by atoms with E-state index in [1.165, 1.54) is 16.7 Å². The van der Waals surface area contributed by atoms with Crippen LogP contribution in [0, 0.1) is 11.8 Å². The molecule has 0 spiro atoms. The molecule has 5 rings (SSSR count). The molecule has 2 aromatic rings. The molecule has 4 unspecified atom stereocenters. The first-order valence-corrected chi connectivity index (χ1v) is 9.45. The molecule has 3 aliphatic heterocycles. The van der Waals surface area contributed by atoms with Crippen molar-refractivity contribution < 1.29 is 9.59 Å². The van der Waals surface area contributed by atoms with Gasteiger partial charge in [-0.3, -0.25) is 14.5 Å². The van der Waals surface area contributed by atoms with Crippen LogP contribution in [0.2, 0.25) is 0 Å². The number of aromatic nitrogens is 2. The second-order valence-corrected chi connectivity index (χ2v) is 11.0. The lowest BCUT2D eigenvalue weighted by Crippen LogP contribution is -2.37. The van der Waals surface area contributed by atoms with Crippen molar-refractivity contribution in [1.82, 2.24) is 14.9 Å². The minimum absolute atomic E-state index is 0.161. The molecular formula is C15H9Br2N3O2S. The summed E-state index contributed by atoms with van der Waals surface area (Å²) in [5.41, 5.74) is 3.07. The summed E-state index contributed by atoms with van der Waals surface area (Å²) in [6.45, 7) is 0. The van der Waals surface area contributed by atoms with Crippen molar-refractivity contribution in [2.24, 2.45) is 11.8 Å². The molecular weight excluding hydrogens is 446 g/mol. The summed E-state index contributed by atoms with van der Waals surface area (Å²) in [6, 6.07) is 7.63. The quantitative estimate of drug-likeness (QED) is 0.452. The van der Waals surface area contributed by atoms with E-state index >= 15 is 0 Å². The zero-order valence-electron chi connectivity index (χ0n) is 11.8. The van der Waals surface area contributed by atoms with Crippen molar-refractivity contribution in [2.75, 3.05) is 7.05 Å². The standard InChI is InChI=1S/C15H9Br2N3O2S/c1-20-12(21)8-9(13(20)22)15(17)11-10(14(8,16)23-15)18-6-4-2-3-5-7(6)19-11/h2-5,8-9H,1H3. The average Bonchev–Trinajstić information content (AvgIpc) is 3.02. The molecule has 0 radical (unpaired) electrons. The summed E-state index contributed by atoms with van der Waals surface area (Å²) in [6.07, 6.45) is 0. The molecule has 5 nitrogen and oxygen atoms in total. The Balaban J connectivity index is 1.85. The number of hydrogen-bond donors (Lipinski definition) is 0. The zero-order valence-corrected chi connectivity index (χ0v) is 15.8. The number of likely N-dealkylation sites (tertiary alicyclic amines) is 1. The Hall–Kier alpha value is -0.990. The van der Waals surface area contributed by atoms with Crippen LogP contribution in [0.15, 0.2) is 24.3 Å². The molecule has 23 heavy (non-hydrogen) atoms. The number of halogens is 2. The van der Waals surface area contributed by atoms with Crippen molar-refractivity contribution in [2.45, 2.75) is 7.31 Å². The molecule has 0 saturated carbocycles. The van der Waals surface area contributed by atoms with Crippen LogP contribution in [0.25, 0.3) is 11.0 Å². The third kappa shape index (κ3) is 1.46. The molecule has 2 amide bonds. The number of para-hydroxylation sites is 2. The van der Waals surface area contributed by atoms with Crippen molar-refractivity contribution in [3.63, 3.8) is 0 Å². The maximum atomic E-state index is 12.6. The fourth-order valence-electron chi connectivity index (χ4n) is 3.77. The Morgan fingerprint density at radius 1 is 1.00 bits per heavy atom. The van der Waals surface area contributed by atoms with Gasteiger partial charge in [-0.2, -0.15) is 0 Å². The Bertz CT molecular complexity index is 866. The molecule has 1 aromatic heterocycles. The predicted molar refractivity (Wildman–Crippen MR) is 93.1 cm³/mol. The van der Waals surface area contributed by atoms with Crippen LogP contribution >= 0.6 is 43.6 Å². The van der Waals surface area contributed by atoms with E-state index < -0.39 is 19.1 Å². The molecule has 0 aliphatic carbocycles. The second-order valence-electron chi connectivity index (χ2n) is 5.99. The highest BCUT2D eigenvalue weighted by atomic mass is 79.9. The van der Waals surface area contributed by atoms with Gasteiger partial charge < -0.3 is 0 Å². The minimum atomic E-state index is -0.717. The van der Waals surface area contributed by atoms with Crippen molar-refractivity contribution in [3.8, 4) is 0 Å². The molecule has 2 bridgehead atoms. The lowest BCUT2D eigenvalue weighted by Gasteiger charge is -2.29. The largest absolute Gasteiger partial charge is 0.285 e. The summed E-state index contributed by atoms with van der Waals surface area (Å²) >= 11 is 9.00. The number of benzene rings is 1. The fourth-order valence-corrected chi connectivity index (χ4v) is 9.06. The Morgan fingerprint density at radius 2 is 1.43 bits per heavy atom. The first-order chi connectivity index (χ1) is 10.9. The Labute approximate surface area is 152 Å². The summed E-state index contributed by atoms with van der Waals surface area (Å²) in [5, 5.41) is 0. The van der Waals surface area contributed by atoms with Gasteiger partial charge in [0, 0.05) is 7.05 Å². The highest BCUT2D eigenvalue weighted by Crippen LogP contribution is 2.78. The van der Waals surface area contributed by atoms with E-state index in [2.05, 4.69) is 31.9 Å². The summed E-state index contributed by atoms with van der Waals surface area (Å²) in [7, 11) is 1.54. The van der Waals surface area contributed by atoms with Gasteiger partial charge in [-0.05, 0) is 12.1 Å². The van der Waals surface area contributed by atoms with Crippen LogP contribution in [0.3, 0.4) is 0 Å². The number of imide groups is 1. The highest BCUT2D eigenvalue weighted by Gasteiger charge is 2.77. The number of amides is 2. The first kappa shape index (κ1) is 14.4. The van der Waals surface area contributed by atoms with Gasteiger partial charge in [0.15, 0.2) is 0 Å². The van der Waals surface area contributed by atoms with E-state index in [0.717, 1.165) is 22.4 Å². The number of carbonyl (C=O) groups is 2. The van der Waals surface area contributed by atoms with Gasteiger partial charge in [0.1, 0.15) is 7.31 Å². The Morgan fingerprint density at radius 3 is 1.87 bits per heavy atom. The summed E-state index contributed by atoms with van der Waals surface area (Å²) < 4.78 is -1.43. The monoisotopic (exact) mass is 453 g/mol. The molecule has 1 aromatic carbocycles. The number of alkyl halides is 2. The van der Waals surface area contributed by atoms with Crippen molar-refractivity contribution in [3.05, 3.63) is 35.7 Å². The Kier molecular flexibility index (Phi) is 2.59. The molecule has 2 fully saturated rings. The van der Waals surface area contributed by atoms with Gasteiger partial charge in [-0.1, -0.05) is 44.0 Å². The van der Waals surface area contributed by atoms with Gasteiger partial charge in [-0.15, -0.1) is 11.8 Å². The van der Waals surface area contributed by atoms with Gasteiger partial charge in [0.25, 0.3) is 0 Å². The van der Waals surface area contributed by atoms with E-state index in [1.807, 2.05) is 24.3 Å². The van der Waals surface area contributed by atoms with Gasteiger partial charge in [-0.25, -0.2) is 9.97 Å². The van der Waals surface area contributed by atoms with E-state index in [-0.39, 0.29) is 11.8 Å². The lowest BCUT2D eigenvalue weighted by atomic mass is 9.81. The summed E-state index contributed by atoms with van der Waals surface area (Å²) in [5.74, 6) is -1.25. The maximum Gasteiger partial charge on any atom is 0.235 e. The number of rotatable bonds is 0. The second kappa shape index (κ2) is 4.15. The molecule has 2 saturated heterocycles. The molecule has 4 atom stereocenters. The van der Waals surface area contributed by atoms with Crippen LogP contribution in [0.4, 0.5) is 0 Å². The third-order valence-electron chi connectivity index (χ3n) is 4.84. The van der Waals surface area contributed by atoms with Gasteiger partial charge in [0.2, 0.25) is 11.8 Å².